The molecule has 3 rings (SSSR count). The normalized spacial score (nSPS) is 19.6. The fourth-order valence-corrected chi connectivity index (χ4v) is 6.08. The fourth-order valence-electron chi connectivity index (χ4n) is 3.41. The number of carbonyl (C=O) groups is 1. The van der Waals surface area contributed by atoms with E-state index in [1.165, 1.54) is 15.6 Å². The molecule has 7 heteroatoms. The van der Waals surface area contributed by atoms with Crippen LogP contribution in [0.5, 0.6) is 0 Å². The monoisotopic (exact) mass is 406 g/mol. The van der Waals surface area contributed by atoms with Gasteiger partial charge in [0, 0.05) is 18.8 Å². The largest absolute Gasteiger partial charge is 0.326 e. The lowest BCUT2D eigenvalue weighted by molar-refractivity contribution is -0.120. The number of para-hydroxylation sites is 1. The van der Waals surface area contributed by atoms with Gasteiger partial charge in [0.25, 0.3) is 10.0 Å². The minimum atomic E-state index is -3.51. The van der Waals surface area contributed by atoms with E-state index >= 15 is 0 Å². The molecule has 146 valence electrons. The molecule has 2 atom stereocenters. The molecule has 1 saturated heterocycles. The molecule has 0 aliphatic carbocycles. The lowest BCUT2D eigenvalue weighted by Crippen LogP contribution is -2.43. The van der Waals surface area contributed by atoms with Crippen LogP contribution in [-0.2, 0) is 14.8 Å². The SMILES string of the molecule is CC[C@H](C)c1ccccc1NC(=O)[C@H]1CCCN(S(=O)(=O)c2cccs2)C1. The number of anilines is 1. The third kappa shape index (κ3) is 4.42. The summed E-state index contributed by atoms with van der Waals surface area (Å²) < 4.78 is 27.3. The van der Waals surface area contributed by atoms with Crippen molar-refractivity contribution in [3.8, 4) is 0 Å². The minimum absolute atomic E-state index is 0.100. The topological polar surface area (TPSA) is 66.5 Å². The number of thiophene rings is 1. The van der Waals surface area contributed by atoms with Gasteiger partial charge in [0.1, 0.15) is 4.21 Å². The molecule has 0 saturated carbocycles. The first kappa shape index (κ1) is 20.0. The zero-order valence-corrected chi connectivity index (χ0v) is 17.4. The van der Waals surface area contributed by atoms with Crippen molar-refractivity contribution >= 4 is 33.0 Å². The first-order chi connectivity index (χ1) is 12.9. The summed E-state index contributed by atoms with van der Waals surface area (Å²) in [7, 11) is -3.51. The summed E-state index contributed by atoms with van der Waals surface area (Å²) in [5, 5.41) is 4.80. The van der Waals surface area contributed by atoms with Gasteiger partial charge >= 0.3 is 0 Å². The molecule has 0 bridgehead atoms. The van der Waals surface area contributed by atoms with Crippen molar-refractivity contribution in [2.75, 3.05) is 18.4 Å². The highest BCUT2D eigenvalue weighted by Gasteiger charge is 2.34. The van der Waals surface area contributed by atoms with E-state index in [2.05, 4.69) is 19.2 Å². The maximum atomic E-state index is 12.9. The smallest absolute Gasteiger partial charge is 0.252 e. The van der Waals surface area contributed by atoms with Crippen LogP contribution < -0.4 is 5.32 Å². The van der Waals surface area contributed by atoms with Gasteiger partial charge in [-0.25, -0.2) is 8.42 Å². The second-order valence-corrected chi connectivity index (χ2v) is 10.1. The van der Waals surface area contributed by atoms with Gasteiger partial charge in [-0.3, -0.25) is 4.79 Å². The Morgan fingerprint density at radius 3 is 2.78 bits per heavy atom. The molecule has 1 aliphatic heterocycles. The van der Waals surface area contributed by atoms with Crippen molar-refractivity contribution in [1.82, 2.24) is 4.31 Å². The molecule has 0 spiro atoms. The second-order valence-electron chi connectivity index (χ2n) is 7.02. The maximum absolute atomic E-state index is 12.9. The number of nitrogens with one attached hydrogen (secondary N) is 1. The fraction of sp³-hybridized carbons (Fsp3) is 0.450. The number of sulfonamides is 1. The first-order valence-corrected chi connectivity index (χ1v) is 11.7. The van der Waals surface area contributed by atoms with Crippen LogP contribution >= 0.6 is 11.3 Å². The highest BCUT2D eigenvalue weighted by atomic mass is 32.2. The predicted molar refractivity (Wildman–Crippen MR) is 110 cm³/mol. The van der Waals surface area contributed by atoms with Gasteiger partial charge in [-0.2, -0.15) is 4.31 Å². The van der Waals surface area contributed by atoms with Crippen LogP contribution in [0, 0.1) is 5.92 Å². The van der Waals surface area contributed by atoms with Crippen molar-refractivity contribution in [2.45, 2.75) is 43.2 Å². The Morgan fingerprint density at radius 1 is 1.30 bits per heavy atom. The molecule has 1 N–H and O–H groups in total. The van der Waals surface area contributed by atoms with E-state index in [0.717, 1.165) is 17.7 Å². The predicted octanol–water partition coefficient (Wildman–Crippen LogP) is 4.30. The van der Waals surface area contributed by atoms with Crippen LogP contribution in [-0.4, -0.2) is 31.7 Å². The van der Waals surface area contributed by atoms with Crippen molar-refractivity contribution in [1.29, 1.82) is 0 Å². The van der Waals surface area contributed by atoms with Crippen LogP contribution in [0.15, 0.2) is 46.0 Å². The van der Waals surface area contributed by atoms with Gasteiger partial charge in [-0.1, -0.05) is 38.1 Å². The summed E-state index contributed by atoms with van der Waals surface area (Å²) >= 11 is 1.21. The Labute approximate surface area is 165 Å². The standard InChI is InChI=1S/C20H26N2O3S2/c1-3-15(2)17-9-4-5-10-18(17)21-20(23)16-8-6-12-22(14-16)27(24,25)19-11-7-13-26-19/h4-5,7,9-11,13,15-16H,3,6,8,12,14H2,1-2H3,(H,21,23)/t15-,16-/m0/s1. The molecule has 1 amide bonds. The summed E-state index contributed by atoms with van der Waals surface area (Å²) in [6, 6.07) is 11.2. The van der Waals surface area contributed by atoms with E-state index in [4.69, 9.17) is 0 Å². The maximum Gasteiger partial charge on any atom is 0.252 e. The highest BCUT2D eigenvalue weighted by molar-refractivity contribution is 7.91. The van der Waals surface area contributed by atoms with Crippen LogP contribution in [0.25, 0.3) is 0 Å². The van der Waals surface area contributed by atoms with Crippen molar-refractivity contribution < 1.29 is 13.2 Å². The van der Waals surface area contributed by atoms with Crippen LogP contribution in [0.4, 0.5) is 5.69 Å². The van der Waals surface area contributed by atoms with E-state index < -0.39 is 10.0 Å². The van der Waals surface area contributed by atoms with Crippen LogP contribution in [0.2, 0.25) is 0 Å². The number of benzene rings is 1. The van der Waals surface area contributed by atoms with Gasteiger partial charge in [-0.05, 0) is 48.3 Å². The third-order valence-electron chi connectivity index (χ3n) is 5.21. The molecule has 0 unspecified atom stereocenters. The molecule has 1 fully saturated rings. The summed E-state index contributed by atoms with van der Waals surface area (Å²) in [5.74, 6) is -0.0844. The van der Waals surface area contributed by atoms with Gasteiger partial charge in [0.15, 0.2) is 0 Å². The van der Waals surface area contributed by atoms with Gasteiger partial charge in [0.05, 0.1) is 5.92 Å². The van der Waals surface area contributed by atoms with E-state index in [1.54, 1.807) is 17.5 Å². The zero-order chi connectivity index (χ0) is 19.4. The number of nitrogens with zero attached hydrogens (tertiary/aromatic N) is 1. The Morgan fingerprint density at radius 2 is 2.07 bits per heavy atom. The van der Waals surface area contributed by atoms with E-state index in [-0.39, 0.29) is 18.4 Å². The number of hydrogen-bond donors (Lipinski definition) is 1. The number of carbonyl (C=O) groups excluding carboxylic acids is 1. The quantitative estimate of drug-likeness (QED) is 0.778. The molecule has 0 radical (unpaired) electrons. The molecule has 1 aromatic heterocycles. The van der Waals surface area contributed by atoms with Gasteiger partial charge < -0.3 is 5.32 Å². The Hall–Kier alpha value is -1.70. The average Bonchev–Trinajstić information content (AvgIpc) is 3.23. The van der Waals surface area contributed by atoms with Gasteiger partial charge in [-0.15, -0.1) is 11.3 Å². The van der Waals surface area contributed by atoms with Crippen molar-refractivity contribution in [3.05, 3.63) is 47.3 Å². The molecule has 27 heavy (non-hydrogen) atoms. The average molecular weight is 407 g/mol. The summed E-state index contributed by atoms with van der Waals surface area (Å²) in [5.41, 5.74) is 1.95. The molecular weight excluding hydrogens is 380 g/mol. The lowest BCUT2D eigenvalue weighted by atomic mass is 9.95. The summed E-state index contributed by atoms with van der Waals surface area (Å²) in [6.07, 6.45) is 2.38. The first-order valence-electron chi connectivity index (χ1n) is 9.37. The highest BCUT2D eigenvalue weighted by Crippen LogP contribution is 2.29. The summed E-state index contributed by atoms with van der Waals surface area (Å²) in [6.45, 7) is 4.96. The number of piperidine rings is 1. The molecule has 2 aromatic rings. The van der Waals surface area contributed by atoms with E-state index in [0.29, 0.717) is 29.5 Å². The van der Waals surface area contributed by atoms with Crippen molar-refractivity contribution in [3.63, 3.8) is 0 Å². The summed E-state index contributed by atoms with van der Waals surface area (Å²) in [4.78, 5) is 12.9. The Kier molecular flexibility index (Phi) is 6.34. The Bertz CT molecular complexity index is 878. The van der Waals surface area contributed by atoms with Crippen LogP contribution in [0.1, 0.15) is 44.6 Å². The Balaban J connectivity index is 1.73. The van der Waals surface area contributed by atoms with Crippen molar-refractivity contribution in [2.24, 2.45) is 5.92 Å². The van der Waals surface area contributed by atoms with E-state index in [1.807, 2.05) is 24.3 Å². The van der Waals surface area contributed by atoms with Gasteiger partial charge in [0.2, 0.25) is 5.91 Å². The number of rotatable bonds is 6. The van der Waals surface area contributed by atoms with Crippen LogP contribution in [0.3, 0.4) is 0 Å². The molecule has 1 aliphatic rings. The molecule has 2 heterocycles. The molecule has 5 nitrogen and oxygen atoms in total. The number of amides is 1. The van der Waals surface area contributed by atoms with E-state index in [9.17, 15) is 13.2 Å². The minimum Gasteiger partial charge on any atom is -0.326 e. The third-order valence-corrected chi connectivity index (χ3v) is 8.44. The number of hydrogen-bond acceptors (Lipinski definition) is 4. The lowest BCUT2D eigenvalue weighted by Gasteiger charge is -2.31. The molecular formula is C20H26N2O3S2. The zero-order valence-electron chi connectivity index (χ0n) is 15.7. The second kappa shape index (κ2) is 8.54. The molecule has 1 aromatic carbocycles.